The van der Waals surface area contributed by atoms with Gasteiger partial charge in [-0.05, 0) is 0 Å². The summed E-state index contributed by atoms with van der Waals surface area (Å²) in [7, 11) is -1.57. The molecule has 0 fully saturated rings. The molecule has 0 nitrogen and oxygen atoms in total. The SMILES string of the molecule is C[Se]CCC[P+](c1ccccc1)(c1ccccc1)c1ccccc1. The van der Waals surface area contributed by atoms with Crippen LogP contribution in [0.2, 0.25) is 11.1 Å². The van der Waals surface area contributed by atoms with Crippen LogP contribution in [-0.2, 0) is 0 Å². The van der Waals surface area contributed by atoms with Crippen molar-refractivity contribution in [1.82, 2.24) is 0 Å². The predicted octanol–water partition coefficient (Wildman–Crippen LogP) is 4.54. The normalized spacial score (nSPS) is 11.4. The van der Waals surface area contributed by atoms with E-state index in [9.17, 15) is 0 Å². The van der Waals surface area contributed by atoms with Crippen LogP contribution in [0.15, 0.2) is 91.0 Å². The molecule has 0 unspecified atom stereocenters. The van der Waals surface area contributed by atoms with Crippen LogP contribution in [0.5, 0.6) is 0 Å². The summed E-state index contributed by atoms with van der Waals surface area (Å²) in [6.45, 7) is 0. The fraction of sp³-hybridized carbons (Fsp3) is 0.182. The maximum absolute atomic E-state index is 2.35. The first-order chi connectivity index (χ1) is 11.9. The van der Waals surface area contributed by atoms with Crippen LogP contribution in [0.3, 0.4) is 0 Å². The molecule has 3 aromatic carbocycles. The summed E-state index contributed by atoms with van der Waals surface area (Å²) in [5.74, 6) is 2.35. The first kappa shape index (κ1) is 17.4. The van der Waals surface area contributed by atoms with Gasteiger partial charge in [0.1, 0.15) is 0 Å². The van der Waals surface area contributed by atoms with E-state index in [1.807, 2.05) is 0 Å². The molecule has 0 radical (unpaired) electrons. The van der Waals surface area contributed by atoms with Gasteiger partial charge in [0.2, 0.25) is 0 Å². The average molecular weight is 398 g/mol. The molecule has 0 amide bonds. The predicted molar refractivity (Wildman–Crippen MR) is 111 cm³/mol. The van der Waals surface area contributed by atoms with E-state index in [-0.39, 0.29) is 0 Å². The molecule has 24 heavy (non-hydrogen) atoms. The molecule has 3 rings (SSSR count). The van der Waals surface area contributed by atoms with Gasteiger partial charge in [0.15, 0.2) is 0 Å². The molecule has 0 aliphatic rings. The summed E-state index contributed by atoms with van der Waals surface area (Å²) in [5.41, 5.74) is 0. The molecule has 0 spiro atoms. The molecule has 0 saturated carbocycles. The zero-order valence-corrected chi connectivity index (χ0v) is 16.7. The van der Waals surface area contributed by atoms with Gasteiger partial charge in [0.25, 0.3) is 0 Å². The third-order valence-corrected chi connectivity index (χ3v) is 10.4. The van der Waals surface area contributed by atoms with E-state index < -0.39 is 7.26 Å². The van der Waals surface area contributed by atoms with Crippen LogP contribution in [0.25, 0.3) is 0 Å². The van der Waals surface area contributed by atoms with E-state index >= 15 is 0 Å². The van der Waals surface area contributed by atoms with Crippen molar-refractivity contribution >= 4 is 38.1 Å². The van der Waals surface area contributed by atoms with Crippen molar-refractivity contribution in [3.05, 3.63) is 91.0 Å². The topological polar surface area (TPSA) is 0 Å². The molecule has 122 valence electrons. The molecule has 0 heterocycles. The molecule has 0 aliphatic heterocycles. The first-order valence-corrected chi connectivity index (χ1v) is 13.3. The molecule has 0 saturated heterocycles. The summed E-state index contributed by atoms with van der Waals surface area (Å²) < 4.78 is 0. The second-order valence-corrected chi connectivity index (χ2v) is 11.6. The van der Waals surface area contributed by atoms with Crippen LogP contribution < -0.4 is 15.9 Å². The minimum atomic E-state index is -1.57. The Balaban J connectivity index is 2.20. The fourth-order valence-electron chi connectivity index (χ4n) is 3.33. The van der Waals surface area contributed by atoms with Gasteiger partial charge >= 0.3 is 153 Å². The molecule has 0 aliphatic carbocycles. The molecular weight excluding hydrogens is 374 g/mol. The second kappa shape index (κ2) is 8.63. The number of hydrogen-bond acceptors (Lipinski definition) is 0. The second-order valence-electron chi connectivity index (χ2n) is 5.89. The van der Waals surface area contributed by atoms with Crippen molar-refractivity contribution in [2.75, 3.05) is 6.16 Å². The Morgan fingerprint density at radius 3 is 1.33 bits per heavy atom. The van der Waals surface area contributed by atoms with Crippen LogP contribution in [-0.4, -0.2) is 21.1 Å². The van der Waals surface area contributed by atoms with Gasteiger partial charge in [-0.15, -0.1) is 0 Å². The first-order valence-electron chi connectivity index (χ1n) is 8.42. The van der Waals surface area contributed by atoms with E-state index in [2.05, 4.69) is 96.8 Å². The van der Waals surface area contributed by atoms with E-state index in [1.165, 1.54) is 33.8 Å². The third kappa shape index (κ3) is 3.65. The minimum absolute atomic E-state index is 0.750. The molecular formula is C22H24PSe+. The van der Waals surface area contributed by atoms with E-state index in [0.29, 0.717) is 0 Å². The zero-order valence-electron chi connectivity index (χ0n) is 14.1. The van der Waals surface area contributed by atoms with E-state index in [4.69, 9.17) is 0 Å². The van der Waals surface area contributed by atoms with Crippen LogP contribution >= 0.6 is 7.26 Å². The molecule has 0 bridgehead atoms. The fourth-order valence-corrected chi connectivity index (χ4v) is 9.06. The van der Waals surface area contributed by atoms with Crippen molar-refractivity contribution in [3.63, 3.8) is 0 Å². The monoisotopic (exact) mass is 399 g/mol. The van der Waals surface area contributed by atoms with Gasteiger partial charge in [0.05, 0.1) is 0 Å². The summed E-state index contributed by atoms with van der Waals surface area (Å²) in [4.78, 5) is 0. The summed E-state index contributed by atoms with van der Waals surface area (Å²) in [6, 6.07) is 33.6. The van der Waals surface area contributed by atoms with Crippen LogP contribution in [0.4, 0.5) is 0 Å². The van der Waals surface area contributed by atoms with Crippen molar-refractivity contribution in [1.29, 1.82) is 0 Å². The summed E-state index contributed by atoms with van der Waals surface area (Å²) in [5, 5.41) is 5.88. The number of benzene rings is 3. The van der Waals surface area contributed by atoms with Gasteiger partial charge in [0, 0.05) is 0 Å². The quantitative estimate of drug-likeness (QED) is 0.311. The Hall–Kier alpha value is -1.39. The van der Waals surface area contributed by atoms with Gasteiger partial charge < -0.3 is 0 Å². The molecule has 2 heteroatoms. The van der Waals surface area contributed by atoms with Crippen molar-refractivity contribution in [2.45, 2.75) is 17.6 Å². The Kier molecular flexibility index (Phi) is 6.27. The standard InChI is InChI=1S/C22H24PSe/c1-24-19-11-18-23(20-12-5-2-6-13-20,21-14-7-3-8-15-21)22-16-9-4-10-17-22/h2-10,12-17H,11,18-19H2,1H3/q+1. The Bertz CT molecular complexity index is 629. The van der Waals surface area contributed by atoms with Crippen LogP contribution in [0.1, 0.15) is 6.42 Å². The summed E-state index contributed by atoms with van der Waals surface area (Å²) in [6.07, 6.45) is 2.57. The van der Waals surface area contributed by atoms with Crippen molar-refractivity contribution < 1.29 is 0 Å². The molecule has 0 atom stereocenters. The van der Waals surface area contributed by atoms with Crippen molar-refractivity contribution in [3.8, 4) is 0 Å². The van der Waals surface area contributed by atoms with Gasteiger partial charge in [-0.1, -0.05) is 0 Å². The number of hydrogen-bond donors (Lipinski definition) is 0. The van der Waals surface area contributed by atoms with Gasteiger partial charge in [-0.25, -0.2) is 0 Å². The number of rotatable bonds is 7. The van der Waals surface area contributed by atoms with Gasteiger partial charge in [-0.2, -0.15) is 0 Å². The maximum atomic E-state index is 2.35. The Morgan fingerprint density at radius 2 is 1.00 bits per heavy atom. The Labute approximate surface area is 152 Å². The van der Waals surface area contributed by atoms with E-state index in [1.54, 1.807) is 0 Å². The van der Waals surface area contributed by atoms with Crippen molar-refractivity contribution in [2.24, 2.45) is 0 Å². The van der Waals surface area contributed by atoms with Gasteiger partial charge in [-0.3, -0.25) is 0 Å². The molecule has 3 aromatic rings. The molecule has 0 aromatic heterocycles. The zero-order chi connectivity index (χ0) is 16.7. The van der Waals surface area contributed by atoms with Crippen LogP contribution in [0, 0.1) is 0 Å². The average Bonchev–Trinajstić information content (AvgIpc) is 2.68. The molecule has 0 N–H and O–H groups in total. The summed E-state index contributed by atoms with van der Waals surface area (Å²) >= 11 is 0.750. The van der Waals surface area contributed by atoms with E-state index in [0.717, 1.165) is 15.0 Å². The third-order valence-electron chi connectivity index (χ3n) is 4.43. The Morgan fingerprint density at radius 1 is 0.625 bits per heavy atom.